The first-order valence-electron chi connectivity index (χ1n) is 3.76. The molecule has 2 amide bonds. The molecule has 1 rings (SSSR count). The van der Waals surface area contributed by atoms with E-state index in [1.54, 1.807) is 0 Å². The number of nitrogens with two attached hydrogens (primary N) is 2. The Morgan fingerprint density at radius 1 is 1.45 bits per heavy atom. The molecular weight excluding hydrogens is 144 g/mol. The first-order chi connectivity index (χ1) is 5.22. The van der Waals surface area contributed by atoms with Crippen LogP contribution in [-0.4, -0.2) is 30.2 Å². The second-order valence-electron chi connectivity index (χ2n) is 2.73. The largest absolute Gasteiger partial charge is 0.350 e. The molecule has 5 heteroatoms. The van der Waals surface area contributed by atoms with E-state index in [2.05, 4.69) is 5.32 Å². The van der Waals surface area contributed by atoms with Crippen LogP contribution in [-0.2, 0) is 0 Å². The SMILES string of the molecule is NC(=O)N(N)C1CCNCC1. The molecule has 0 aromatic rings. The molecule has 1 saturated heterocycles. The quantitative estimate of drug-likeness (QED) is 0.260. The Morgan fingerprint density at radius 3 is 2.45 bits per heavy atom. The summed E-state index contributed by atoms with van der Waals surface area (Å²) in [6.45, 7) is 1.82. The highest BCUT2D eigenvalue weighted by atomic mass is 16.2. The predicted molar refractivity (Wildman–Crippen MR) is 41.5 cm³/mol. The van der Waals surface area contributed by atoms with E-state index < -0.39 is 6.03 Å². The molecule has 0 spiro atoms. The van der Waals surface area contributed by atoms with Crippen molar-refractivity contribution in [1.29, 1.82) is 0 Å². The first kappa shape index (κ1) is 8.29. The molecule has 1 fully saturated rings. The highest BCUT2D eigenvalue weighted by Gasteiger charge is 2.20. The van der Waals surface area contributed by atoms with Gasteiger partial charge in [-0.3, -0.25) is 5.01 Å². The van der Waals surface area contributed by atoms with Gasteiger partial charge in [0, 0.05) is 0 Å². The van der Waals surface area contributed by atoms with Crippen LogP contribution in [0.25, 0.3) is 0 Å². The van der Waals surface area contributed by atoms with Crippen molar-refractivity contribution in [2.24, 2.45) is 11.6 Å². The summed E-state index contributed by atoms with van der Waals surface area (Å²) >= 11 is 0. The first-order valence-corrected chi connectivity index (χ1v) is 3.76. The zero-order valence-corrected chi connectivity index (χ0v) is 6.42. The summed E-state index contributed by atoms with van der Waals surface area (Å²) in [5.41, 5.74) is 5.01. The van der Waals surface area contributed by atoms with E-state index in [-0.39, 0.29) is 6.04 Å². The molecule has 1 aliphatic rings. The Kier molecular flexibility index (Phi) is 2.67. The number of carbonyl (C=O) groups is 1. The molecule has 0 radical (unpaired) electrons. The summed E-state index contributed by atoms with van der Waals surface area (Å²) in [6, 6.07) is -0.425. The second-order valence-corrected chi connectivity index (χ2v) is 2.73. The fraction of sp³-hybridized carbons (Fsp3) is 0.833. The number of hydrogen-bond acceptors (Lipinski definition) is 3. The number of piperidine rings is 1. The molecule has 0 aliphatic carbocycles. The molecule has 0 atom stereocenters. The summed E-state index contributed by atoms with van der Waals surface area (Å²) in [4.78, 5) is 10.6. The van der Waals surface area contributed by atoms with Crippen LogP contribution in [0.2, 0.25) is 0 Å². The molecule has 0 aromatic heterocycles. The third-order valence-corrected chi connectivity index (χ3v) is 1.96. The van der Waals surface area contributed by atoms with Gasteiger partial charge in [0.2, 0.25) is 0 Å². The number of primary amides is 1. The van der Waals surface area contributed by atoms with Crippen LogP contribution in [0.4, 0.5) is 4.79 Å². The number of hydrogen-bond donors (Lipinski definition) is 3. The number of rotatable bonds is 1. The van der Waals surface area contributed by atoms with Crippen molar-refractivity contribution in [3.05, 3.63) is 0 Å². The van der Waals surface area contributed by atoms with Gasteiger partial charge in [0.1, 0.15) is 0 Å². The molecule has 64 valence electrons. The Hall–Kier alpha value is -0.810. The normalized spacial score (nSPS) is 19.7. The topological polar surface area (TPSA) is 84.4 Å². The highest BCUT2D eigenvalue weighted by molar-refractivity contribution is 5.71. The van der Waals surface area contributed by atoms with E-state index in [1.165, 1.54) is 0 Å². The van der Waals surface area contributed by atoms with Crippen molar-refractivity contribution in [1.82, 2.24) is 10.3 Å². The zero-order valence-electron chi connectivity index (χ0n) is 6.42. The van der Waals surface area contributed by atoms with E-state index in [0.29, 0.717) is 0 Å². The summed E-state index contributed by atoms with van der Waals surface area (Å²) < 4.78 is 0. The molecule has 1 heterocycles. The van der Waals surface area contributed by atoms with Crippen LogP contribution in [0, 0.1) is 0 Å². The van der Waals surface area contributed by atoms with E-state index in [1.807, 2.05) is 0 Å². The minimum atomic E-state index is -0.545. The van der Waals surface area contributed by atoms with Crippen molar-refractivity contribution in [3.8, 4) is 0 Å². The van der Waals surface area contributed by atoms with Gasteiger partial charge in [-0.15, -0.1) is 0 Å². The number of urea groups is 1. The van der Waals surface area contributed by atoms with Gasteiger partial charge >= 0.3 is 6.03 Å². The van der Waals surface area contributed by atoms with E-state index in [0.717, 1.165) is 30.9 Å². The number of carbonyl (C=O) groups excluding carboxylic acids is 1. The van der Waals surface area contributed by atoms with Crippen molar-refractivity contribution in [2.75, 3.05) is 13.1 Å². The van der Waals surface area contributed by atoms with Crippen molar-refractivity contribution < 1.29 is 4.79 Å². The van der Waals surface area contributed by atoms with Crippen LogP contribution < -0.4 is 16.9 Å². The van der Waals surface area contributed by atoms with Gasteiger partial charge in [0.25, 0.3) is 0 Å². The molecule has 0 aromatic carbocycles. The lowest BCUT2D eigenvalue weighted by atomic mass is 10.1. The average Bonchev–Trinajstić information content (AvgIpc) is 2.05. The summed E-state index contributed by atoms with van der Waals surface area (Å²) in [7, 11) is 0. The Morgan fingerprint density at radius 2 is 2.00 bits per heavy atom. The maximum Gasteiger partial charge on any atom is 0.329 e. The minimum absolute atomic E-state index is 0.119. The smallest absolute Gasteiger partial charge is 0.329 e. The van der Waals surface area contributed by atoms with Crippen LogP contribution >= 0.6 is 0 Å². The van der Waals surface area contributed by atoms with Gasteiger partial charge in [0.15, 0.2) is 0 Å². The number of hydrazine groups is 1. The van der Waals surface area contributed by atoms with Gasteiger partial charge in [-0.25, -0.2) is 10.6 Å². The summed E-state index contributed by atoms with van der Waals surface area (Å²) in [6.07, 6.45) is 1.78. The van der Waals surface area contributed by atoms with Gasteiger partial charge < -0.3 is 11.1 Å². The van der Waals surface area contributed by atoms with E-state index in [9.17, 15) is 4.79 Å². The van der Waals surface area contributed by atoms with Crippen LogP contribution in [0.1, 0.15) is 12.8 Å². The summed E-state index contributed by atoms with van der Waals surface area (Å²) in [5.74, 6) is 5.42. The molecule has 5 N–H and O–H groups in total. The van der Waals surface area contributed by atoms with E-state index >= 15 is 0 Å². The fourth-order valence-corrected chi connectivity index (χ4v) is 1.26. The lowest BCUT2D eigenvalue weighted by Crippen LogP contribution is -2.52. The molecule has 0 bridgehead atoms. The van der Waals surface area contributed by atoms with Crippen molar-refractivity contribution >= 4 is 6.03 Å². The maximum absolute atomic E-state index is 10.6. The predicted octanol–water partition coefficient (Wildman–Crippen LogP) is -1.01. The Balaban J connectivity index is 2.38. The standard InChI is InChI=1S/C6H14N4O/c7-6(11)10(8)5-1-3-9-4-2-5/h5,9H,1-4,8H2,(H2,7,11). The number of nitrogens with one attached hydrogen (secondary N) is 1. The van der Waals surface area contributed by atoms with Crippen LogP contribution in [0.3, 0.4) is 0 Å². The average molecular weight is 158 g/mol. The van der Waals surface area contributed by atoms with Crippen molar-refractivity contribution in [3.63, 3.8) is 0 Å². The highest BCUT2D eigenvalue weighted by Crippen LogP contribution is 2.06. The molecule has 1 aliphatic heterocycles. The van der Waals surface area contributed by atoms with Crippen molar-refractivity contribution in [2.45, 2.75) is 18.9 Å². The number of amides is 2. The van der Waals surface area contributed by atoms with Gasteiger partial charge in [-0.05, 0) is 25.9 Å². The number of nitrogens with zero attached hydrogens (tertiary/aromatic N) is 1. The lowest BCUT2D eigenvalue weighted by molar-refractivity contribution is 0.168. The zero-order chi connectivity index (χ0) is 8.27. The van der Waals surface area contributed by atoms with Gasteiger partial charge in [-0.1, -0.05) is 0 Å². The lowest BCUT2D eigenvalue weighted by Gasteiger charge is -2.29. The maximum atomic E-state index is 10.6. The van der Waals surface area contributed by atoms with Crippen LogP contribution in [0.15, 0.2) is 0 Å². The molecule has 11 heavy (non-hydrogen) atoms. The Bertz CT molecular complexity index is 144. The van der Waals surface area contributed by atoms with Gasteiger partial charge in [-0.2, -0.15) is 0 Å². The fourth-order valence-electron chi connectivity index (χ4n) is 1.26. The van der Waals surface area contributed by atoms with Crippen LogP contribution in [0.5, 0.6) is 0 Å². The second kappa shape index (κ2) is 3.54. The third-order valence-electron chi connectivity index (χ3n) is 1.96. The third kappa shape index (κ3) is 2.06. The van der Waals surface area contributed by atoms with Gasteiger partial charge in [0.05, 0.1) is 6.04 Å². The monoisotopic (exact) mass is 158 g/mol. The molecule has 0 unspecified atom stereocenters. The molecule has 5 nitrogen and oxygen atoms in total. The minimum Gasteiger partial charge on any atom is -0.350 e. The summed E-state index contributed by atoms with van der Waals surface area (Å²) in [5, 5.41) is 4.30. The molecular formula is C6H14N4O. The Labute approximate surface area is 65.7 Å². The molecule has 0 saturated carbocycles. The van der Waals surface area contributed by atoms with E-state index in [4.69, 9.17) is 11.6 Å².